The molecule has 8 heteroatoms. The lowest BCUT2D eigenvalue weighted by Gasteiger charge is -2.25. The van der Waals surface area contributed by atoms with Crippen LogP contribution in [0.25, 0.3) is 11.1 Å². The molecule has 1 aliphatic rings. The lowest BCUT2D eigenvalue weighted by atomic mass is 10.0. The van der Waals surface area contributed by atoms with Crippen LogP contribution in [0.15, 0.2) is 78.9 Å². The Hall–Kier alpha value is -3.78. The number of carbonyl (C=O) groups excluding carboxylic acids is 2. The zero-order chi connectivity index (χ0) is 26.9. The van der Waals surface area contributed by atoms with Crippen molar-refractivity contribution in [3.05, 3.63) is 90.0 Å². The average Bonchev–Trinajstić information content (AvgIpc) is 3.25. The van der Waals surface area contributed by atoms with Gasteiger partial charge >= 0.3 is 5.97 Å². The summed E-state index contributed by atoms with van der Waals surface area (Å²) < 4.78 is 10.9. The van der Waals surface area contributed by atoms with Gasteiger partial charge in [-0.05, 0) is 48.1 Å². The van der Waals surface area contributed by atoms with E-state index in [2.05, 4.69) is 12.1 Å². The van der Waals surface area contributed by atoms with Gasteiger partial charge in [-0.25, -0.2) is 0 Å². The molecule has 0 saturated carbocycles. The van der Waals surface area contributed by atoms with Gasteiger partial charge in [-0.15, -0.1) is 11.8 Å². The van der Waals surface area contributed by atoms with Gasteiger partial charge in [0.2, 0.25) is 5.91 Å². The van der Waals surface area contributed by atoms with Gasteiger partial charge in [0.25, 0.3) is 0 Å². The largest absolute Gasteiger partial charge is 0.491 e. The number of methoxy groups -OCH3 is 1. The Labute approximate surface area is 227 Å². The standard InChI is InChI=1S/C30H33N3O4S/c1-36-28(34)20-38-27-18-25(33(30(27)35)17-5-8-21-6-3-2-4-7-21)19-37-26-15-13-23(14-16-26)22-9-11-24(12-10-22)29(31)32/h2-4,6-7,9-16,25,27H,5,8,17-20H2,1H3,(H3,31,32)/t25-,27+/m0/s1. The summed E-state index contributed by atoms with van der Waals surface area (Å²) in [6.45, 7) is 1.03. The molecule has 0 aliphatic carbocycles. The number of aryl methyl sites for hydroxylation is 1. The number of hydrogen-bond acceptors (Lipinski definition) is 6. The summed E-state index contributed by atoms with van der Waals surface area (Å²) in [5, 5.41) is 7.26. The molecule has 4 rings (SSSR count). The van der Waals surface area contributed by atoms with Crippen molar-refractivity contribution < 1.29 is 19.1 Å². The highest BCUT2D eigenvalue weighted by atomic mass is 32.2. The van der Waals surface area contributed by atoms with E-state index in [0.29, 0.717) is 25.1 Å². The highest BCUT2D eigenvalue weighted by molar-refractivity contribution is 8.01. The number of amidine groups is 1. The summed E-state index contributed by atoms with van der Waals surface area (Å²) in [6.07, 6.45) is 2.39. The highest BCUT2D eigenvalue weighted by Crippen LogP contribution is 2.30. The Morgan fingerprint density at radius 2 is 1.68 bits per heavy atom. The second kappa shape index (κ2) is 13.1. The number of carbonyl (C=O) groups is 2. The van der Waals surface area contributed by atoms with Crippen molar-refractivity contribution in [3.8, 4) is 16.9 Å². The number of likely N-dealkylation sites (tertiary alicyclic amines) is 1. The molecule has 3 N–H and O–H groups in total. The predicted octanol–water partition coefficient (Wildman–Crippen LogP) is 4.52. The summed E-state index contributed by atoms with van der Waals surface area (Å²) in [5.41, 5.74) is 9.54. The summed E-state index contributed by atoms with van der Waals surface area (Å²) in [6, 6.07) is 25.6. The Bertz CT molecular complexity index is 1230. The van der Waals surface area contributed by atoms with E-state index in [9.17, 15) is 9.59 Å². The normalized spacial score (nSPS) is 16.9. The molecule has 2 atom stereocenters. The maximum atomic E-state index is 13.2. The van der Waals surface area contributed by atoms with Gasteiger partial charge in [0.05, 0.1) is 24.2 Å². The molecule has 1 aliphatic heterocycles. The van der Waals surface area contributed by atoms with Crippen LogP contribution in [-0.4, -0.2) is 59.9 Å². The molecule has 0 unspecified atom stereocenters. The van der Waals surface area contributed by atoms with Gasteiger partial charge in [-0.2, -0.15) is 0 Å². The molecule has 1 fully saturated rings. The molecule has 0 radical (unpaired) electrons. The van der Waals surface area contributed by atoms with Gasteiger partial charge in [0.15, 0.2) is 0 Å². The number of rotatable bonds is 12. The van der Waals surface area contributed by atoms with Crippen LogP contribution in [0.2, 0.25) is 0 Å². The minimum absolute atomic E-state index is 0.0470. The second-order valence-electron chi connectivity index (χ2n) is 9.21. The zero-order valence-electron chi connectivity index (χ0n) is 21.5. The summed E-state index contributed by atoms with van der Waals surface area (Å²) >= 11 is 1.34. The summed E-state index contributed by atoms with van der Waals surface area (Å²) in [5.74, 6) is 0.675. The van der Waals surface area contributed by atoms with Crippen molar-refractivity contribution in [2.45, 2.75) is 30.6 Å². The minimum atomic E-state index is -0.325. The fraction of sp³-hybridized carbons (Fsp3) is 0.300. The number of nitrogens with zero attached hydrogens (tertiary/aromatic N) is 1. The Kier molecular flexibility index (Phi) is 9.43. The van der Waals surface area contributed by atoms with Crippen LogP contribution in [0, 0.1) is 5.41 Å². The molecular weight excluding hydrogens is 498 g/mol. The molecule has 1 heterocycles. The molecular formula is C30H33N3O4S. The first kappa shape index (κ1) is 27.3. The number of amides is 1. The zero-order valence-corrected chi connectivity index (χ0v) is 22.3. The van der Waals surface area contributed by atoms with E-state index in [1.807, 2.05) is 71.6 Å². The number of ether oxygens (including phenoxy) is 2. The third kappa shape index (κ3) is 7.16. The van der Waals surface area contributed by atoms with E-state index in [0.717, 1.165) is 29.7 Å². The number of hydrogen-bond donors (Lipinski definition) is 2. The Morgan fingerprint density at radius 3 is 2.32 bits per heavy atom. The van der Waals surface area contributed by atoms with Crippen LogP contribution in [0.4, 0.5) is 0 Å². The lowest BCUT2D eigenvalue weighted by Crippen LogP contribution is -2.38. The third-order valence-electron chi connectivity index (χ3n) is 6.65. The first-order chi connectivity index (χ1) is 18.4. The van der Waals surface area contributed by atoms with Crippen molar-refractivity contribution in [2.24, 2.45) is 5.73 Å². The maximum Gasteiger partial charge on any atom is 0.315 e. The lowest BCUT2D eigenvalue weighted by molar-refractivity contribution is -0.137. The fourth-order valence-electron chi connectivity index (χ4n) is 4.53. The number of thioether (sulfide) groups is 1. The van der Waals surface area contributed by atoms with Crippen molar-refractivity contribution in [2.75, 3.05) is 26.0 Å². The molecule has 3 aromatic rings. The minimum Gasteiger partial charge on any atom is -0.491 e. The van der Waals surface area contributed by atoms with E-state index in [4.69, 9.17) is 20.6 Å². The average molecular weight is 532 g/mol. The van der Waals surface area contributed by atoms with E-state index >= 15 is 0 Å². The smallest absolute Gasteiger partial charge is 0.315 e. The SMILES string of the molecule is COC(=O)CS[C@@H]1C[C@@H](COc2ccc(-c3ccc(C(=N)N)cc3)cc2)N(CCCc2ccccc2)C1=O. The van der Waals surface area contributed by atoms with Gasteiger partial charge in [-0.3, -0.25) is 15.0 Å². The first-order valence-electron chi connectivity index (χ1n) is 12.6. The first-order valence-corrected chi connectivity index (χ1v) is 13.7. The summed E-state index contributed by atoms with van der Waals surface area (Å²) in [7, 11) is 1.36. The van der Waals surface area contributed by atoms with Crippen LogP contribution in [0.1, 0.15) is 24.0 Å². The number of esters is 1. The Morgan fingerprint density at radius 1 is 1.03 bits per heavy atom. The summed E-state index contributed by atoms with van der Waals surface area (Å²) in [4.78, 5) is 26.8. The number of nitrogens with one attached hydrogen (secondary N) is 1. The van der Waals surface area contributed by atoms with E-state index in [1.165, 1.54) is 24.4 Å². The Balaban J connectivity index is 1.37. The van der Waals surface area contributed by atoms with Gasteiger partial charge < -0.3 is 20.1 Å². The van der Waals surface area contributed by atoms with Crippen molar-refractivity contribution in [1.29, 1.82) is 5.41 Å². The molecule has 0 bridgehead atoms. The molecule has 3 aromatic carbocycles. The third-order valence-corrected chi connectivity index (χ3v) is 7.85. The van der Waals surface area contributed by atoms with Crippen LogP contribution < -0.4 is 10.5 Å². The maximum absolute atomic E-state index is 13.2. The molecule has 0 spiro atoms. The fourth-order valence-corrected chi connectivity index (χ4v) is 5.63. The van der Waals surface area contributed by atoms with Crippen molar-refractivity contribution in [3.63, 3.8) is 0 Å². The van der Waals surface area contributed by atoms with E-state index < -0.39 is 0 Å². The topological polar surface area (TPSA) is 106 Å². The number of benzene rings is 3. The van der Waals surface area contributed by atoms with Gasteiger partial charge in [0, 0.05) is 12.1 Å². The van der Waals surface area contributed by atoms with E-state index in [-0.39, 0.29) is 34.8 Å². The van der Waals surface area contributed by atoms with Crippen molar-refractivity contribution >= 4 is 29.5 Å². The molecule has 0 aromatic heterocycles. The van der Waals surface area contributed by atoms with Crippen molar-refractivity contribution in [1.82, 2.24) is 4.90 Å². The molecule has 38 heavy (non-hydrogen) atoms. The molecule has 198 valence electrons. The second-order valence-corrected chi connectivity index (χ2v) is 10.4. The van der Waals surface area contributed by atoms with Gasteiger partial charge in [-0.1, -0.05) is 66.7 Å². The molecule has 1 amide bonds. The predicted molar refractivity (Wildman–Crippen MR) is 152 cm³/mol. The van der Waals surface area contributed by atoms with E-state index in [1.54, 1.807) is 0 Å². The van der Waals surface area contributed by atoms with Gasteiger partial charge in [0.1, 0.15) is 18.2 Å². The van der Waals surface area contributed by atoms with Crippen LogP contribution >= 0.6 is 11.8 Å². The number of nitrogens with two attached hydrogens (primary N) is 1. The number of nitrogen functional groups attached to an aromatic ring is 1. The van der Waals surface area contributed by atoms with Crippen LogP contribution in [0.5, 0.6) is 5.75 Å². The molecule has 7 nitrogen and oxygen atoms in total. The highest BCUT2D eigenvalue weighted by Gasteiger charge is 2.40. The molecule has 1 saturated heterocycles. The quantitative estimate of drug-likeness (QED) is 0.202. The van der Waals surface area contributed by atoms with Crippen LogP contribution in [-0.2, 0) is 20.7 Å². The van der Waals surface area contributed by atoms with Crippen LogP contribution in [0.3, 0.4) is 0 Å². The monoisotopic (exact) mass is 531 g/mol.